The van der Waals surface area contributed by atoms with E-state index in [4.69, 9.17) is 0 Å². The summed E-state index contributed by atoms with van der Waals surface area (Å²) in [6, 6.07) is 45.9. The maximum Gasteiger partial charge on any atom is 0.0619 e. The summed E-state index contributed by atoms with van der Waals surface area (Å²) in [5.74, 6) is 0. The van der Waals surface area contributed by atoms with Crippen molar-refractivity contribution in [2.45, 2.75) is 13.8 Å². The molecule has 7 aromatic rings. The Hall–Kier alpha value is -5.34. The van der Waals surface area contributed by atoms with Crippen LogP contribution in [-0.4, -0.2) is 4.57 Å². The van der Waals surface area contributed by atoms with Gasteiger partial charge in [-0.1, -0.05) is 97.1 Å². The van der Waals surface area contributed by atoms with Crippen LogP contribution < -0.4 is 5.32 Å². The van der Waals surface area contributed by atoms with Crippen molar-refractivity contribution in [3.8, 4) is 16.8 Å². The molecule has 0 amide bonds. The molecule has 0 fully saturated rings. The lowest BCUT2D eigenvalue weighted by Crippen LogP contribution is -1.94. The zero-order valence-corrected chi connectivity index (χ0v) is 23.9. The number of rotatable bonds is 6. The zero-order valence-electron chi connectivity index (χ0n) is 23.9. The van der Waals surface area contributed by atoms with Crippen LogP contribution in [0.2, 0.25) is 0 Å². The summed E-state index contributed by atoms with van der Waals surface area (Å²) >= 11 is 0. The van der Waals surface area contributed by atoms with E-state index in [9.17, 15) is 0 Å². The molecule has 0 aliphatic heterocycles. The molecule has 0 unspecified atom stereocenters. The van der Waals surface area contributed by atoms with Crippen molar-refractivity contribution < 1.29 is 0 Å². The van der Waals surface area contributed by atoms with Gasteiger partial charge in [0, 0.05) is 34.2 Å². The molecule has 0 saturated heterocycles. The Labute approximate surface area is 246 Å². The van der Waals surface area contributed by atoms with Gasteiger partial charge in [0.2, 0.25) is 0 Å². The average Bonchev–Trinajstić information content (AvgIpc) is 3.37. The quantitative estimate of drug-likeness (QED) is 0.222. The minimum Gasteiger partial charge on any atom is -0.368 e. The molecule has 0 radical (unpaired) electrons. The van der Waals surface area contributed by atoms with Gasteiger partial charge in [0.05, 0.1) is 11.0 Å². The molecule has 6 aromatic carbocycles. The summed E-state index contributed by atoms with van der Waals surface area (Å²) < 4.78 is 2.41. The van der Waals surface area contributed by atoms with Crippen LogP contribution >= 0.6 is 0 Å². The first-order chi connectivity index (χ1) is 20.7. The molecule has 1 heterocycles. The van der Waals surface area contributed by atoms with Gasteiger partial charge in [-0.2, -0.15) is 0 Å². The minimum absolute atomic E-state index is 1.17. The zero-order chi connectivity index (χ0) is 28.5. The van der Waals surface area contributed by atoms with E-state index in [2.05, 4.69) is 163 Å². The fraction of sp³-hybridized carbons (Fsp3) is 0.0500. The molecule has 0 spiro atoms. The molecule has 1 N–H and O–H groups in total. The second-order valence-corrected chi connectivity index (χ2v) is 10.8. The van der Waals surface area contributed by atoms with Crippen LogP contribution in [0.15, 0.2) is 140 Å². The molecule has 0 atom stereocenters. The Morgan fingerprint density at radius 3 is 2.07 bits per heavy atom. The van der Waals surface area contributed by atoms with E-state index in [0.717, 1.165) is 0 Å². The predicted molar refractivity (Wildman–Crippen MR) is 181 cm³/mol. The third-order valence-corrected chi connectivity index (χ3v) is 8.19. The third kappa shape index (κ3) is 4.67. The number of aromatic nitrogens is 1. The highest BCUT2D eigenvalue weighted by Crippen LogP contribution is 2.38. The van der Waals surface area contributed by atoms with E-state index in [-0.39, 0.29) is 0 Å². The molecule has 2 heteroatoms. The number of nitrogens with one attached hydrogen (secondary N) is 1. The Kier molecular flexibility index (Phi) is 6.65. The lowest BCUT2D eigenvalue weighted by atomic mass is 9.98. The average molecular weight is 541 g/mol. The van der Waals surface area contributed by atoms with Crippen LogP contribution in [0, 0.1) is 13.8 Å². The lowest BCUT2D eigenvalue weighted by molar-refractivity contribution is 1.19. The Bertz CT molecular complexity index is 2130. The number of benzene rings is 6. The predicted octanol–water partition coefficient (Wildman–Crippen LogP) is 10.5. The van der Waals surface area contributed by atoms with Crippen molar-refractivity contribution >= 4 is 44.7 Å². The molecule has 2 nitrogen and oxygen atoms in total. The van der Waals surface area contributed by atoms with Gasteiger partial charge < -0.3 is 9.88 Å². The van der Waals surface area contributed by atoms with Crippen LogP contribution in [0.25, 0.3) is 61.5 Å². The van der Waals surface area contributed by atoms with Gasteiger partial charge in [0.1, 0.15) is 0 Å². The summed E-state index contributed by atoms with van der Waals surface area (Å²) in [4.78, 5) is 0. The molecule has 0 aliphatic carbocycles. The van der Waals surface area contributed by atoms with Crippen molar-refractivity contribution in [1.29, 1.82) is 0 Å². The second-order valence-electron chi connectivity index (χ2n) is 10.8. The van der Waals surface area contributed by atoms with Crippen molar-refractivity contribution in [1.82, 2.24) is 9.88 Å². The number of hydrogen-bond donors (Lipinski definition) is 1. The third-order valence-electron chi connectivity index (χ3n) is 8.19. The molecule has 202 valence electrons. The fourth-order valence-electron chi connectivity index (χ4n) is 5.91. The number of aryl methyl sites for hydroxylation is 2. The van der Waals surface area contributed by atoms with E-state index < -0.39 is 0 Å². The van der Waals surface area contributed by atoms with Crippen molar-refractivity contribution in [2.75, 3.05) is 0 Å². The maximum atomic E-state index is 3.31. The van der Waals surface area contributed by atoms with E-state index in [1.165, 1.54) is 71.6 Å². The van der Waals surface area contributed by atoms with Gasteiger partial charge in [-0.15, -0.1) is 0 Å². The Balaban J connectivity index is 1.28. The highest BCUT2D eigenvalue weighted by atomic mass is 15.0. The summed E-state index contributed by atoms with van der Waals surface area (Å²) in [6.07, 6.45) is 8.24. The fourth-order valence-corrected chi connectivity index (χ4v) is 5.91. The SMILES string of the molecule is Cc1ccc(-c2ccc3c(c2)c2ccc4ccccc4c2n3-c2ccccc2)cc1/C=C\N/C=C/c1ccccc1C. The maximum absolute atomic E-state index is 3.31. The lowest BCUT2D eigenvalue weighted by Gasteiger charge is -2.10. The number of para-hydroxylation sites is 1. The van der Waals surface area contributed by atoms with Gasteiger partial charge in [-0.3, -0.25) is 0 Å². The van der Waals surface area contributed by atoms with Crippen molar-refractivity contribution in [2.24, 2.45) is 0 Å². The highest BCUT2D eigenvalue weighted by molar-refractivity contribution is 6.19. The van der Waals surface area contributed by atoms with Crippen LogP contribution in [0.5, 0.6) is 0 Å². The summed E-state index contributed by atoms with van der Waals surface area (Å²) in [5.41, 5.74) is 11.0. The summed E-state index contributed by atoms with van der Waals surface area (Å²) in [6.45, 7) is 4.29. The van der Waals surface area contributed by atoms with Gasteiger partial charge in [-0.25, -0.2) is 0 Å². The molecule has 0 bridgehead atoms. The van der Waals surface area contributed by atoms with E-state index in [1.54, 1.807) is 0 Å². The van der Waals surface area contributed by atoms with Gasteiger partial charge in [0.25, 0.3) is 0 Å². The molecular formula is C40H32N2. The van der Waals surface area contributed by atoms with Gasteiger partial charge in [-0.05, 0) is 95.1 Å². The van der Waals surface area contributed by atoms with E-state index in [1.807, 2.05) is 12.4 Å². The molecule has 0 aliphatic rings. The standard InChI is InChI=1S/C40H32N2/c1-28-10-6-7-11-30(28)22-24-41-25-23-32-26-33(17-16-29(32)2)34-19-21-39-38(27-34)37-20-18-31-12-8-9-15-36(31)40(37)42(39)35-13-4-3-5-14-35/h3-27,41H,1-2H3/b24-22+,25-23-. The number of fused-ring (bicyclic) bond motifs is 5. The number of nitrogens with zero attached hydrogens (tertiary/aromatic N) is 1. The van der Waals surface area contributed by atoms with Crippen LogP contribution in [0.4, 0.5) is 0 Å². The Morgan fingerprint density at radius 1 is 0.524 bits per heavy atom. The van der Waals surface area contributed by atoms with E-state index in [0.29, 0.717) is 0 Å². The summed E-state index contributed by atoms with van der Waals surface area (Å²) in [7, 11) is 0. The largest absolute Gasteiger partial charge is 0.368 e. The molecule has 7 rings (SSSR count). The van der Waals surface area contributed by atoms with Crippen molar-refractivity contribution in [3.05, 3.63) is 162 Å². The first-order valence-corrected chi connectivity index (χ1v) is 14.4. The molecular weight excluding hydrogens is 508 g/mol. The minimum atomic E-state index is 1.17. The highest BCUT2D eigenvalue weighted by Gasteiger charge is 2.16. The Morgan fingerprint density at radius 2 is 1.21 bits per heavy atom. The topological polar surface area (TPSA) is 17.0 Å². The van der Waals surface area contributed by atoms with Gasteiger partial charge in [0.15, 0.2) is 0 Å². The first kappa shape index (κ1) is 25.6. The van der Waals surface area contributed by atoms with Crippen LogP contribution in [0.1, 0.15) is 22.3 Å². The molecule has 0 saturated carbocycles. The summed E-state index contributed by atoms with van der Waals surface area (Å²) in [5, 5.41) is 8.36. The molecule has 1 aromatic heterocycles. The second kappa shape index (κ2) is 10.9. The van der Waals surface area contributed by atoms with Crippen molar-refractivity contribution in [3.63, 3.8) is 0 Å². The number of hydrogen-bond acceptors (Lipinski definition) is 1. The van der Waals surface area contributed by atoms with Gasteiger partial charge >= 0.3 is 0 Å². The monoisotopic (exact) mass is 540 g/mol. The molecule has 42 heavy (non-hydrogen) atoms. The normalized spacial score (nSPS) is 11.9. The van der Waals surface area contributed by atoms with Crippen LogP contribution in [0.3, 0.4) is 0 Å². The first-order valence-electron chi connectivity index (χ1n) is 14.4. The smallest absolute Gasteiger partial charge is 0.0619 e. The van der Waals surface area contributed by atoms with E-state index >= 15 is 0 Å². The van der Waals surface area contributed by atoms with Crippen LogP contribution in [-0.2, 0) is 0 Å².